The fraction of sp³-hybridized carbons (Fsp3) is 0.444. The number of benzene rings is 1. The number of aromatic nitrogens is 2. The Morgan fingerprint density at radius 1 is 1.50 bits per heavy atom. The number of likely N-dealkylation sites (tertiary alicyclic amines) is 1. The normalized spacial score (nSPS) is 17.8. The Morgan fingerprint density at radius 2 is 2.38 bits per heavy atom. The Hall–Kier alpha value is -2.34. The summed E-state index contributed by atoms with van der Waals surface area (Å²) in [6, 6.07) is 6.34. The molecule has 1 atom stereocenters. The van der Waals surface area contributed by atoms with Crippen LogP contribution in [0.15, 0.2) is 30.7 Å². The number of hydrogen-bond acceptors (Lipinski definition) is 4. The number of nitrogens with one attached hydrogen (secondary N) is 2. The molecule has 2 N–H and O–H groups in total. The van der Waals surface area contributed by atoms with E-state index in [2.05, 4.69) is 39.2 Å². The molecule has 24 heavy (non-hydrogen) atoms. The van der Waals surface area contributed by atoms with Crippen LogP contribution >= 0.6 is 0 Å². The first kappa shape index (κ1) is 16.5. The molecule has 1 aliphatic heterocycles. The number of hydrogen-bond donors (Lipinski definition) is 2. The minimum atomic E-state index is -0.0864. The van der Waals surface area contributed by atoms with E-state index in [4.69, 9.17) is 4.74 Å². The first-order valence-electron chi connectivity index (χ1n) is 8.28. The van der Waals surface area contributed by atoms with Crippen molar-refractivity contribution in [2.45, 2.75) is 19.9 Å². The molecule has 0 spiro atoms. The first-order chi connectivity index (χ1) is 11.7. The van der Waals surface area contributed by atoms with E-state index in [0.717, 1.165) is 37.4 Å². The molecular weight excluding hydrogens is 304 g/mol. The van der Waals surface area contributed by atoms with Gasteiger partial charge < -0.3 is 15.0 Å². The fourth-order valence-corrected chi connectivity index (χ4v) is 3.23. The second-order valence-electron chi connectivity index (χ2n) is 6.37. The van der Waals surface area contributed by atoms with Gasteiger partial charge in [-0.1, -0.05) is 12.1 Å². The van der Waals surface area contributed by atoms with Gasteiger partial charge in [-0.3, -0.25) is 9.69 Å². The highest BCUT2D eigenvalue weighted by Gasteiger charge is 2.23. The van der Waals surface area contributed by atoms with Crippen LogP contribution in [0.5, 0.6) is 5.75 Å². The summed E-state index contributed by atoms with van der Waals surface area (Å²) in [5.74, 6) is 1.34. The number of nitrogens with zero attached hydrogens (tertiary/aromatic N) is 2. The van der Waals surface area contributed by atoms with E-state index in [0.29, 0.717) is 18.2 Å². The van der Waals surface area contributed by atoms with Gasteiger partial charge in [0.25, 0.3) is 5.91 Å². The Labute approximate surface area is 142 Å². The van der Waals surface area contributed by atoms with E-state index in [1.54, 1.807) is 13.3 Å². The Balaban J connectivity index is 1.47. The number of aryl methyl sites for hydroxylation is 1. The summed E-state index contributed by atoms with van der Waals surface area (Å²) < 4.78 is 5.31. The van der Waals surface area contributed by atoms with Crippen molar-refractivity contribution in [3.05, 3.63) is 47.5 Å². The van der Waals surface area contributed by atoms with Gasteiger partial charge in [-0.15, -0.1) is 0 Å². The van der Waals surface area contributed by atoms with Crippen LogP contribution in [0.25, 0.3) is 0 Å². The molecule has 2 heterocycles. The zero-order valence-corrected chi connectivity index (χ0v) is 14.2. The summed E-state index contributed by atoms with van der Waals surface area (Å²) in [6.07, 6.45) is 4.17. The lowest BCUT2D eigenvalue weighted by molar-refractivity contribution is 0.0943. The van der Waals surface area contributed by atoms with E-state index in [-0.39, 0.29) is 5.91 Å². The van der Waals surface area contributed by atoms with E-state index >= 15 is 0 Å². The lowest BCUT2D eigenvalue weighted by atomic mass is 10.1. The highest BCUT2D eigenvalue weighted by molar-refractivity contribution is 5.91. The zero-order valence-electron chi connectivity index (χ0n) is 14.2. The standard InChI is InChI=1S/C18H24N4O2/c1-13-7-14(3-4-17(13)24-2)10-22-6-5-15(11-22)8-20-18(23)16-9-19-12-21-16/h3-4,7,9,12,15H,5-6,8,10-11H2,1-2H3,(H,19,21)(H,20,23). The van der Waals surface area contributed by atoms with Crippen molar-refractivity contribution in [1.82, 2.24) is 20.2 Å². The van der Waals surface area contributed by atoms with Crippen molar-refractivity contribution in [1.29, 1.82) is 0 Å². The average molecular weight is 328 g/mol. The van der Waals surface area contributed by atoms with Gasteiger partial charge in [0.2, 0.25) is 0 Å². The van der Waals surface area contributed by atoms with Crippen LogP contribution in [0.4, 0.5) is 0 Å². The van der Waals surface area contributed by atoms with E-state index < -0.39 is 0 Å². The zero-order chi connectivity index (χ0) is 16.9. The molecule has 1 aromatic carbocycles. The van der Waals surface area contributed by atoms with Gasteiger partial charge in [0.05, 0.1) is 19.6 Å². The molecule has 6 heteroatoms. The largest absolute Gasteiger partial charge is 0.496 e. The van der Waals surface area contributed by atoms with Crippen LogP contribution in [-0.2, 0) is 6.54 Å². The highest BCUT2D eigenvalue weighted by atomic mass is 16.5. The lowest BCUT2D eigenvalue weighted by Gasteiger charge is -2.17. The molecule has 2 aromatic rings. The van der Waals surface area contributed by atoms with Crippen LogP contribution in [-0.4, -0.2) is 47.5 Å². The molecule has 1 fully saturated rings. The van der Waals surface area contributed by atoms with Gasteiger partial charge in [-0.2, -0.15) is 0 Å². The molecule has 0 aliphatic carbocycles. The van der Waals surface area contributed by atoms with E-state index in [1.807, 2.05) is 6.07 Å². The smallest absolute Gasteiger partial charge is 0.269 e. The fourth-order valence-electron chi connectivity index (χ4n) is 3.23. The monoisotopic (exact) mass is 328 g/mol. The lowest BCUT2D eigenvalue weighted by Crippen LogP contribution is -2.31. The third kappa shape index (κ3) is 3.94. The maximum atomic E-state index is 11.9. The summed E-state index contributed by atoms with van der Waals surface area (Å²) in [7, 11) is 1.70. The maximum Gasteiger partial charge on any atom is 0.269 e. The number of rotatable bonds is 6. The van der Waals surface area contributed by atoms with Gasteiger partial charge in [-0.25, -0.2) is 4.98 Å². The number of ether oxygens (including phenoxy) is 1. The maximum absolute atomic E-state index is 11.9. The minimum Gasteiger partial charge on any atom is -0.496 e. The highest BCUT2D eigenvalue weighted by Crippen LogP contribution is 2.22. The van der Waals surface area contributed by atoms with E-state index in [9.17, 15) is 4.79 Å². The van der Waals surface area contributed by atoms with Crippen LogP contribution in [0.3, 0.4) is 0 Å². The van der Waals surface area contributed by atoms with Gasteiger partial charge in [0.15, 0.2) is 0 Å². The number of carbonyl (C=O) groups is 1. The molecule has 1 aromatic heterocycles. The topological polar surface area (TPSA) is 70.2 Å². The van der Waals surface area contributed by atoms with E-state index in [1.165, 1.54) is 11.9 Å². The molecule has 1 aliphatic rings. The van der Waals surface area contributed by atoms with Crippen molar-refractivity contribution in [3.63, 3.8) is 0 Å². The van der Waals surface area contributed by atoms with Crippen molar-refractivity contribution in [2.24, 2.45) is 5.92 Å². The van der Waals surface area contributed by atoms with Gasteiger partial charge in [0, 0.05) is 19.6 Å². The second-order valence-corrected chi connectivity index (χ2v) is 6.37. The van der Waals surface area contributed by atoms with Crippen LogP contribution in [0.2, 0.25) is 0 Å². The van der Waals surface area contributed by atoms with Crippen LogP contribution in [0.1, 0.15) is 28.0 Å². The van der Waals surface area contributed by atoms with Gasteiger partial charge >= 0.3 is 0 Å². The molecule has 1 amide bonds. The molecular formula is C18H24N4O2. The SMILES string of the molecule is COc1ccc(CN2CCC(CNC(=O)c3cnc[nH]3)C2)cc1C. The van der Waals surface area contributed by atoms with Crippen molar-refractivity contribution < 1.29 is 9.53 Å². The summed E-state index contributed by atoms with van der Waals surface area (Å²) in [5.41, 5.74) is 2.98. The Bertz CT molecular complexity index is 684. The van der Waals surface area contributed by atoms with Gasteiger partial charge in [0.1, 0.15) is 11.4 Å². The summed E-state index contributed by atoms with van der Waals surface area (Å²) >= 11 is 0. The molecule has 1 saturated heterocycles. The molecule has 128 valence electrons. The molecule has 0 radical (unpaired) electrons. The number of amides is 1. The quantitative estimate of drug-likeness (QED) is 0.851. The first-order valence-corrected chi connectivity index (χ1v) is 8.28. The Morgan fingerprint density at radius 3 is 3.08 bits per heavy atom. The number of H-pyrrole nitrogens is 1. The third-order valence-electron chi connectivity index (χ3n) is 4.53. The van der Waals surface area contributed by atoms with Crippen LogP contribution in [0, 0.1) is 12.8 Å². The second kappa shape index (κ2) is 7.49. The van der Waals surface area contributed by atoms with Crippen molar-refractivity contribution in [2.75, 3.05) is 26.7 Å². The summed E-state index contributed by atoms with van der Waals surface area (Å²) in [4.78, 5) is 21.1. The Kier molecular flexibility index (Phi) is 5.15. The molecule has 1 unspecified atom stereocenters. The molecule has 6 nitrogen and oxygen atoms in total. The molecule has 3 rings (SSSR count). The average Bonchev–Trinajstić information content (AvgIpc) is 3.25. The minimum absolute atomic E-state index is 0.0864. The summed E-state index contributed by atoms with van der Waals surface area (Å²) in [6.45, 7) is 5.79. The van der Waals surface area contributed by atoms with Crippen molar-refractivity contribution in [3.8, 4) is 5.75 Å². The van der Waals surface area contributed by atoms with Crippen LogP contribution < -0.4 is 10.1 Å². The predicted molar refractivity (Wildman–Crippen MR) is 92.0 cm³/mol. The molecule has 0 bridgehead atoms. The number of imidazole rings is 1. The number of carbonyl (C=O) groups excluding carboxylic acids is 1. The van der Waals surface area contributed by atoms with Gasteiger partial charge in [-0.05, 0) is 43.0 Å². The number of methoxy groups -OCH3 is 1. The number of aromatic amines is 1. The molecule has 0 saturated carbocycles. The predicted octanol–water partition coefficient (Wildman–Crippen LogP) is 1.98. The summed E-state index contributed by atoms with van der Waals surface area (Å²) in [5, 5.41) is 2.98. The third-order valence-corrected chi connectivity index (χ3v) is 4.53. The van der Waals surface area contributed by atoms with Crippen molar-refractivity contribution >= 4 is 5.91 Å².